The minimum atomic E-state index is -3.57. The monoisotopic (exact) mass is 482 g/mol. The summed E-state index contributed by atoms with van der Waals surface area (Å²) in [6.45, 7) is 4.07. The van der Waals surface area contributed by atoms with E-state index in [1.807, 2.05) is 43.3 Å². The summed E-state index contributed by atoms with van der Waals surface area (Å²) in [7, 11) is -3.57. The van der Waals surface area contributed by atoms with E-state index in [0.29, 0.717) is 31.1 Å². The lowest BCUT2D eigenvalue weighted by molar-refractivity contribution is -0.132. The molecule has 1 aliphatic carbocycles. The molecule has 1 fully saturated rings. The number of nitrogens with zero attached hydrogens (tertiary/aromatic N) is 4. The number of aromatic nitrogens is 2. The first-order valence-corrected chi connectivity index (χ1v) is 13.4. The van der Waals surface area contributed by atoms with Gasteiger partial charge < -0.3 is 4.90 Å². The van der Waals surface area contributed by atoms with Crippen molar-refractivity contribution in [3.63, 3.8) is 0 Å². The molecule has 0 spiro atoms. The van der Waals surface area contributed by atoms with Crippen LogP contribution in [0.3, 0.4) is 0 Å². The van der Waals surface area contributed by atoms with Gasteiger partial charge in [-0.1, -0.05) is 18.2 Å². The molecule has 8 nitrogen and oxygen atoms in total. The first kappa shape index (κ1) is 22.9. The zero-order valence-electron chi connectivity index (χ0n) is 19.4. The van der Waals surface area contributed by atoms with Crippen LogP contribution in [0.15, 0.2) is 52.2 Å². The number of aryl methyl sites for hydroxylation is 4. The number of carbonyl (C=O) groups excluding carboxylic acids is 1. The molecule has 1 aromatic heterocycles. The Hall–Kier alpha value is -2.91. The topological polar surface area (TPSA) is 84.6 Å². The van der Waals surface area contributed by atoms with Crippen LogP contribution in [0, 0.1) is 0 Å². The summed E-state index contributed by atoms with van der Waals surface area (Å²) in [5.41, 5.74) is 3.96. The number of sulfonamides is 1. The van der Waals surface area contributed by atoms with Gasteiger partial charge in [0.15, 0.2) is 0 Å². The molecule has 3 aromatic rings. The van der Waals surface area contributed by atoms with Crippen LogP contribution in [0.2, 0.25) is 0 Å². The number of hydrogen-bond donors (Lipinski definition) is 0. The number of piperazine rings is 1. The largest absolute Gasteiger partial charge is 0.340 e. The van der Waals surface area contributed by atoms with E-state index in [1.54, 1.807) is 20.1 Å². The van der Waals surface area contributed by atoms with Gasteiger partial charge in [-0.3, -0.25) is 13.9 Å². The lowest BCUT2D eigenvalue weighted by atomic mass is 10.1. The van der Waals surface area contributed by atoms with Crippen molar-refractivity contribution >= 4 is 27.0 Å². The van der Waals surface area contributed by atoms with Crippen molar-refractivity contribution in [3.05, 3.63) is 64.1 Å². The molecule has 0 saturated carbocycles. The van der Waals surface area contributed by atoms with Crippen LogP contribution in [0.1, 0.15) is 30.9 Å². The van der Waals surface area contributed by atoms with E-state index in [0.717, 1.165) is 35.9 Å². The van der Waals surface area contributed by atoms with E-state index in [4.69, 9.17) is 0 Å². The SMILES string of the molecule is CCn1c(=O)n(CCC(=O)N2CCN(S(=O)(=O)c3ccc4c(c3)CCC4)CC2)c2ccccc21. The molecule has 34 heavy (non-hydrogen) atoms. The summed E-state index contributed by atoms with van der Waals surface area (Å²) >= 11 is 0. The fourth-order valence-corrected chi connectivity index (χ4v) is 6.67. The standard InChI is InChI=1S/C25H30N4O4S/c1-2-28-22-8-3-4-9-23(22)29(25(28)31)13-12-24(30)26-14-16-27(17-15-26)34(32,33)21-11-10-19-6-5-7-20(19)18-21/h3-4,8-11,18H,2,5-7,12-17H2,1H3. The first-order valence-electron chi connectivity index (χ1n) is 12.0. The van der Waals surface area contributed by atoms with E-state index >= 15 is 0 Å². The minimum Gasteiger partial charge on any atom is -0.340 e. The van der Waals surface area contributed by atoms with Crippen LogP contribution in [-0.2, 0) is 40.7 Å². The molecular weight excluding hydrogens is 452 g/mol. The second-order valence-electron chi connectivity index (χ2n) is 8.99. The van der Waals surface area contributed by atoms with Crippen molar-refractivity contribution in [2.45, 2.75) is 50.6 Å². The Kier molecular flexibility index (Phi) is 6.07. The van der Waals surface area contributed by atoms with Crippen molar-refractivity contribution < 1.29 is 13.2 Å². The molecule has 2 aliphatic rings. The van der Waals surface area contributed by atoms with Crippen LogP contribution in [0.5, 0.6) is 0 Å². The molecule has 1 amide bonds. The third kappa shape index (κ3) is 3.96. The number of carbonyl (C=O) groups is 1. The van der Waals surface area contributed by atoms with Crippen molar-refractivity contribution in [3.8, 4) is 0 Å². The maximum Gasteiger partial charge on any atom is 0.329 e. The first-order chi connectivity index (χ1) is 16.4. The number of benzene rings is 2. The molecule has 0 N–H and O–H groups in total. The average molecular weight is 483 g/mol. The predicted octanol–water partition coefficient (Wildman–Crippen LogP) is 2.23. The summed E-state index contributed by atoms with van der Waals surface area (Å²) in [5, 5.41) is 0. The fraction of sp³-hybridized carbons (Fsp3) is 0.440. The van der Waals surface area contributed by atoms with Crippen molar-refractivity contribution in [1.82, 2.24) is 18.3 Å². The Balaban J connectivity index is 1.23. The Bertz CT molecular complexity index is 1400. The number of amides is 1. The molecule has 1 aliphatic heterocycles. The van der Waals surface area contributed by atoms with Gasteiger partial charge in [-0.15, -0.1) is 0 Å². The molecule has 5 rings (SSSR count). The molecule has 180 valence electrons. The number of rotatable bonds is 6. The Labute approximate surface area is 199 Å². The van der Waals surface area contributed by atoms with E-state index in [1.165, 1.54) is 9.87 Å². The smallest absolute Gasteiger partial charge is 0.329 e. The maximum absolute atomic E-state index is 13.1. The normalized spacial score (nSPS) is 16.8. The van der Waals surface area contributed by atoms with Crippen LogP contribution in [-0.4, -0.2) is 58.8 Å². The van der Waals surface area contributed by atoms with E-state index in [2.05, 4.69) is 0 Å². The van der Waals surface area contributed by atoms with Crippen LogP contribution in [0.4, 0.5) is 0 Å². The molecule has 0 unspecified atom stereocenters. The molecule has 0 atom stereocenters. The van der Waals surface area contributed by atoms with Gasteiger partial charge in [0.25, 0.3) is 0 Å². The Morgan fingerprint density at radius 3 is 2.29 bits per heavy atom. The van der Waals surface area contributed by atoms with Gasteiger partial charge in [0.05, 0.1) is 15.9 Å². The van der Waals surface area contributed by atoms with E-state index in [-0.39, 0.29) is 31.1 Å². The van der Waals surface area contributed by atoms with Crippen molar-refractivity contribution in [1.29, 1.82) is 0 Å². The third-order valence-electron chi connectivity index (χ3n) is 7.09. The second-order valence-corrected chi connectivity index (χ2v) is 10.9. The van der Waals surface area contributed by atoms with Crippen molar-refractivity contribution in [2.75, 3.05) is 26.2 Å². The number of para-hydroxylation sites is 2. The average Bonchev–Trinajstić information content (AvgIpc) is 3.43. The lowest BCUT2D eigenvalue weighted by Gasteiger charge is -2.34. The molecule has 9 heteroatoms. The molecular formula is C25H30N4O4S. The molecule has 1 saturated heterocycles. The lowest BCUT2D eigenvalue weighted by Crippen LogP contribution is -2.50. The predicted molar refractivity (Wildman–Crippen MR) is 130 cm³/mol. The van der Waals surface area contributed by atoms with Crippen LogP contribution >= 0.6 is 0 Å². The highest BCUT2D eigenvalue weighted by Gasteiger charge is 2.31. The maximum atomic E-state index is 13.1. The van der Waals surface area contributed by atoms with Crippen molar-refractivity contribution in [2.24, 2.45) is 0 Å². The molecule has 2 heterocycles. The van der Waals surface area contributed by atoms with Gasteiger partial charge in [0.1, 0.15) is 0 Å². The van der Waals surface area contributed by atoms with Gasteiger partial charge in [0, 0.05) is 45.7 Å². The summed E-state index contributed by atoms with van der Waals surface area (Å²) < 4.78 is 31.1. The third-order valence-corrected chi connectivity index (χ3v) is 8.98. The summed E-state index contributed by atoms with van der Waals surface area (Å²) in [6.07, 6.45) is 3.22. The molecule has 0 radical (unpaired) electrons. The van der Waals surface area contributed by atoms with E-state index in [9.17, 15) is 18.0 Å². The van der Waals surface area contributed by atoms with Gasteiger partial charge in [0.2, 0.25) is 15.9 Å². The molecule has 2 aromatic carbocycles. The molecule has 0 bridgehead atoms. The number of imidazole rings is 1. The highest BCUT2D eigenvalue weighted by Crippen LogP contribution is 2.27. The minimum absolute atomic E-state index is 0.0604. The van der Waals surface area contributed by atoms with Gasteiger partial charge in [-0.2, -0.15) is 4.31 Å². The second kappa shape index (κ2) is 9.03. The van der Waals surface area contributed by atoms with Gasteiger partial charge >= 0.3 is 5.69 Å². The van der Waals surface area contributed by atoms with Crippen LogP contribution < -0.4 is 5.69 Å². The highest BCUT2D eigenvalue weighted by atomic mass is 32.2. The summed E-state index contributed by atoms with van der Waals surface area (Å²) in [6, 6.07) is 13.1. The van der Waals surface area contributed by atoms with Crippen LogP contribution in [0.25, 0.3) is 11.0 Å². The van der Waals surface area contributed by atoms with E-state index < -0.39 is 10.0 Å². The zero-order chi connectivity index (χ0) is 23.9. The highest BCUT2D eigenvalue weighted by molar-refractivity contribution is 7.89. The van der Waals surface area contributed by atoms with Gasteiger partial charge in [-0.25, -0.2) is 13.2 Å². The summed E-state index contributed by atoms with van der Waals surface area (Å²) in [5.74, 6) is -0.0604. The summed E-state index contributed by atoms with van der Waals surface area (Å²) in [4.78, 5) is 27.7. The Morgan fingerprint density at radius 1 is 0.912 bits per heavy atom. The van der Waals surface area contributed by atoms with Gasteiger partial charge in [-0.05, 0) is 61.6 Å². The fourth-order valence-electron chi connectivity index (χ4n) is 5.20. The number of hydrogen-bond acceptors (Lipinski definition) is 4. The zero-order valence-corrected chi connectivity index (χ0v) is 20.3. The number of fused-ring (bicyclic) bond motifs is 2. The Morgan fingerprint density at radius 2 is 1.59 bits per heavy atom. The quantitative estimate of drug-likeness (QED) is 0.539.